The molecule has 2 nitrogen and oxygen atoms in total. The zero-order chi connectivity index (χ0) is 7.40. The molecule has 0 heterocycles. The maximum atomic E-state index is 9.35. The number of hydrogen-bond acceptors (Lipinski definition) is 2. The van der Waals surface area contributed by atoms with Gasteiger partial charge in [-0.1, -0.05) is 6.92 Å². The number of aliphatic hydroxyl groups excluding tert-OH is 1. The summed E-state index contributed by atoms with van der Waals surface area (Å²) in [7, 11) is 0. The predicted octanol–water partition coefficient (Wildman–Crippen LogP) is 0.899. The third-order valence-corrected chi connectivity index (χ3v) is 2.14. The van der Waals surface area contributed by atoms with Gasteiger partial charge in [0.15, 0.2) is 0 Å². The van der Waals surface area contributed by atoms with Gasteiger partial charge in [0.1, 0.15) is 0 Å². The van der Waals surface area contributed by atoms with Gasteiger partial charge in [0, 0.05) is 6.04 Å². The lowest BCUT2D eigenvalue weighted by Crippen LogP contribution is -2.35. The number of aliphatic hydroxyl groups is 1. The second-order valence-electron chi connectivity index (χ2n) is 3.06. The average molecular weight is 143 g/mol. The van der Waals surface area contributed by atoms with Gasteiger partial charge in [-0.2, -0.15) is 0 Å². The zero-order valence-corrected chi connectivity index (χ0v) is 6.64. The molecule has 0 aliphatic heterocycles. The van der Waals surface area contributed by atoms with E-state index in [0.717, 1.165) is 25.8 Å². The van der Waals surface area contributed by atoms with Crippen molar-refractivity contribution in [3.8, 4) is 0 Å². The monoisotopic (exact) mass is 143 g/mol. The Balaban J connectivity index is 2.14. The van der Waals surface area contributed by atoms with Gasteiger partial charge >= 0.3 is 0 Å². The average Bonchev–Trinajstić information content (AvgIpc) is 2.31. The van der Waals surface area contributed by atoms with Gasteiger partial charge in [-0.05, 0) is 32.2 Å². The van der Waals surface area contributed by atoms with Crippen molar-refractivity contribution >= 4 is 0 Å². The van der Waals surface area contributed by atoms with Gasteiger partial charge < -0.3 is 10.4 Å². The highest BCUT2D eigenvalue weighted by Gasteiger charge is 2.23. The maximum absolute atomic E-state index is 9.35. The lowest BCUT2D eigenvalue weighted by atomic mass is 10.2. The predicted molar refractivity (Wildman–Crippen MR) is 41.9 cm³/mol. The first-order chi connectivity index (χ1) is 4.84. The standard InChI is InChI=1S/C8H17NO/c1-2-6-9-7-4-3-5-8(7)10/h7-10H,2-6H2,1H3. The Labute approximate surface area is 62.6 Å². The molecule has 1 rings (SSSR count). The number of nitrogens with one attached hydrogen (secondary N) is 1. The fourth-order valence-corrected chi connectivity index (χ4v) is 1.51. The summed E-state index contributed by atoms with van der Waals surface area (Å²) in [5.41, 5.74) is 0. The van der Waals surface area contributed by atoms with Gasteiger partial charge in [-0.15, -0.1) is 0 Å². The molecule has 1 aliphatic carbocycles. The highest BCUT2D eigenvalue weighted by atomic mass is 16.3. The molecule has 0 aromatic rings. The number of hydrogen-bond donors (Lipinski definition) is 2. The summed E-state index contributed by atoms with van der Waals surface area (Å²) in [6, 6.07) is 0.389. The van der Waals surface area contributed by atoms with Gasteiger partial charge in [0.25, 0.3) is 0 Å². The molecule has 1 aliphatic rings. The van der Waals surface area contributed by atoms with Crippen LogP contribution in [0.5, 0.6) is 0 Å². The van der Waals surface area contributed by atoms with Gasteiger partial charge in [-0.3, -0.25) is 0 Å². The van der Waals surface area contributed by atoms with Gasteiger partial charge in [0.2, 0.25) is 0 Å². The summed E-state index contributed by atoms with van der Waals surface area (Å²) >= 11 is 0. The SMILES string of the molecule is CCCNC1CCCC1O. The van der Waals surface area contributed by atoms with Crippen LogP contribution in [0.3, 0.4) is 0 Å². The molecule has 0 radical (unpaired) electrons. The zero-order valence-electron chi connectivity index (χ0n) is 6.64. The second-order valence-corrected chi connectivity index (χ2v) is 3.06. The molecule has 1 saturated carbocycles. The second kappa shape index (κ2) is 3.94. The molecular weight excluding hydrogens is 126 g/mol. The third-order valence-electron chi connectivity index (χ3n) is 2.14. The van der Waals surface area contributed by atoms with Crippen LogP contribution in [0.15, 0.2) is 0 Å². The van der Waals surface area contributed by atoms with E-state index in [9.17, 15) is 5.11 Å². The number of rotatable bonds is 3. The maximum Gasteiger partial charge on any atom is 0.0693 e. The van der Waals surface area contributed by atoms with Crippen LogP contribution in [0.4, 0.5) is 0 Å². The van der Waals surface area contributed by atoms with Crippen molar-refractivity contribution in [2.75, 3.05) is 6.54 Å². The first kappa shape index (κ1) is 8.02. The summed E-state index contributed by atoms with van der Waals surface area (Å²) < 4.78 is 0. The third kappa shape index (κ3) is 1.96. The molecule has 2 N–H and O–H groups in total. The van der Waals surface area contributed by atoms with Gasteiger partial charge in [0.05, 0.1) is 6.10 Å². The van der Waals surface area contributed by atoms with Crippen molar-refractivity contribution < 1.29 is 5.11 Å². The fraction of sp³-hybridized carbons (Fsp3) is 1.00. The van der Waals surface area contributed by atoms with Crippen LogP contribution >= 0.6 is 0 Å². The summed E-state index contributed by atoms with van der Waals surface area (Å²) in [5, 5.41) is 12.7. The summed E-state index contributed by atoms with van der Waals surface area (Å²) in [4.78, 5) is 0. The molecule has 0 bridgehead atoms. The quantitative estimate of drug-likeness (QED) is 0.615. The van der Waals surface area contributed by atoms with E-state index < -0.39 is 0 Å². The van der Waals surface area contributed by atoms with E-state index in [1.807, 2.05) is 0 Å². The first-order valence-corrected chi connectivity index (χ1v) is 4.26. The Hall–Kier alpha value is -0.0800. The lowest BCUT2D eigenvalue weighted by molar-refractivity contribution is 0.149. The fourth-order valence-electron chi connectivity index (χ4n) is 1.51. The summed E-state index contributed by atoms with van der Waals surface area (Å²) in [6.45, 7) is 3.19. The first-order valence-electron chi connectivity index (χ1n) is 4.26. The molecule has 0 aromatic heterocycles. The normalized spacial score (nSPS) is 33.0. The van der Waals surface area contributed by atoms with E-state index in [1.165, 1.54) is 6.42 Å². The molecular formula is C8H17NO. The van der Waals surface area contributed by atoms with E-state index in [0.29, 0.717) is 6.04 Å². The molecule has 60 valence electrons. The van der Waals surface area contributed by atoms with E-state index in [4.69, 9.17) is 0 Å². The van der Waals surface area contributed by atoms with E-state index in [2.05, 4.69) is 12.2 Å². The largest absolute Gasteiger partial charge is 0.392 e. The Kier molecular flexibility index (Phi) is 3.16. The molecule has 2 unspecified atom stereocenters. The lowest BCUT2D eigenvalue weighted by Gasteiger charge is -2.15. The van der Waals surface area contributed by atoms with Crippen LogP contribution in [0, 0.1) is 0 Å². The van der Waals surface area contributed by atoms with Crippen LogP contribution in [0.2, 0.25) is 0 Å². The highest BCUT2D eigenvalue weighted by molar-refractivity contribution is 4.81. The van der Waals surface area contributed by atoms with Crippen LogP contribution < -0.4 is 5.32 Å². The molecule has 0 aromatic carbocycles. The highest BCUT2D eigenvalue weighted by Crippen LogP contribution is 2.18. The van der Waals surface area contributed by atoms with Crippen molar-refractivity contribution in [1.29, 1.82) is 0 Å². The van der Waals surface area contributed by atoms with E-state index in [-0.39, 0.29) is 6.10 Å². The Bertz CT molecular complexity index is 95.3. The van der Waals surface area contributed by atoms with Gasteiger partial charge in [-0.25, -0.2) is 0 Å². The molecule has 0 spiro atoms. The molecule has 0 saturated heterocycles. The van der Waals surface area contributed by atoms with Crippen molar-refractivity contribution in [2.45, 2.75) is 44.8 Å². The minimum Gasteiger partial charge on any atom is -0.392 e. The van der Waals surface area contributed by atoms with Crippen molar-refractivity contribution in [1.82, 2.24) is 5.32 Å². The van der Waals surface area contributed by atoms with Crippen molar-refractivity contribution in [3.63, 3.8) is 0 Å². The van der Waals surface area contributed by atoms with Crippen LogP contribution in [0.1, 0.15) is 32.6 Å². The molecule has 10 heavy (non-hydrogen) atoms. The minimum absolute atomic E-state index is 0.0773. The molecule has 0 amide bonds. The summed E-state index contributed by atoms with van der Waals surface area (Å²) in [5.74, 6) is 0. The van der Waals surface area contributed by atoms with E-state index in [1.54, 1.807) is 0 Å². The Morgan fingerprint density at radius 3 is 2.80 bits per heavy atom. The van der Waals surface area contributed by atoms with Crippen LogP contribution in [-0.4, -0.2) is 23.8 Å². The topological polar surface area (TPSA) is 32.3 Å². The smallest absolute Gasteiger partial charge is 0.0693 e. The van der Waals surface area contributed by atoms with Crippen molar-refractivity contribution in [3.05, 3.63) is 0 Å². The minimum atomic E-state index is -0.0773. The van der Waals surface area contributed by atoms with E-state index >= 15 is 0 Å². The Morgan fingerprint density at radius 2 is 2.30 bits per heavy atom. The Morgan fingerprint density at radius 1 is 1.50 bits per heavy atom. The molecule has 1 fully saturated rings. The molecule has 2 heteroatoms. The molecule has 2 atom stereocenters. The summed E-state index contributed by atoms with van der Waals surface area (Å²) in [6.07, 6.45) is 4.40. The van der Waals surface area contributed by atoms with Crippen LogP contribution in [-0.2, 0) is 0 Å². The van der Waals surface area contributed by atoms with Crippen molar-refractivity contribution in [2.24, 2.45) is 0 Å². The van der Waals surface area contributed by atoms with Crippen LogP contribution in [0.25, 0.3) is 0 Å².